The van der Waals surface area contributed by atoms with Gasteiger partial charge in [0.05, 0.1) is 24.5 Å². The number of ether oxygens (including phenoxy) is 1. The average Bonchev–Trinajstić information content (AvgIpc) is 3.04. The monoisotopic (exact) mass is 254 g/mol. The number of rotatable bonds is 8. The van der Waals surface area contributed by atoms with Gasteiger partial charge in [0.1, 0.15) is 5.54 Å². The van der Waals surface area contributed by atoms with Crippen molar-refractivity contribution >= 4 is 11.8 Å². The summed E-state index contributed by atoms with van der Waals surface area (Å²) in [7, 11) is 0. The third kappa shape index (κ3) is 4.50. The molecule has 1 atom stereocenters. The first-order valence-electron chi connectivity index (χ1n) is 6.60. The summed E-state index contributed by atoms with van der Waals surface area (Å²) in [5, 5.41) is 13.4. The fraction of sp³-hybridized carbons (Fsp3) is 0.923. The lowest BCUT2D eigenvalue weighted by atomic mass is 9.96. The van der Waals surface area contributed by atoms with E-state index in [0.29, 0.717) is 6.04 Å². The summed E-state index contributed by atoms with van der Waals surface area (Å²) in [6.07, 6.45) is 5.82. The van der Waals surface area contributed by atoms with Crippen LogP contribution in [-0.4, -0.2) is 35.8 Å². The Labute approximate surface area is 108 Å². The SMILES string of the molecule is CC(C#N)(CCCCSC1COC1)NC1CC1. The van der Waals surface area contributed by atoms with Gasteiger partial charge in [-0.05, 0) is 44.8 Å². The van der Waals surface area contributed by atoms with Crippen molar-refractivity contribution in [2.24, 2.45) is 0 Å². The number of hydrogen-bond acceptors (Lipinski definition) is 4. The Balaban J connectivity index is 1.53. The largest absolute Gasteiger partial charge is 0.379 e. The Hall–Kier alpha value is -0.240. The highest BCUT2D eigenvalue weighted by Crippen LogP contribution is 2.25. The smallest absolute Gasteiger partial charge is 0.104 e. The van der Waals surface area contributed by atoms with Crippen LogP contribution in [-0.2, 0) is 4.74 Å². The zero-order chi connectivity index (χ0) is 12.1. The predicted octanol–water partition coefficient (Wildman–Crippen LogP) is 2.32. The van der Waals surface area contributed by atoms with Gasteiger partial charge < -0.3 is 4.74 Å². The average molecular weight is 254 g/mol. The van der Waals surface area contributed by atoms with Gasteiger partial charge in [-0.2, -0.15) is 17.0 Å². The van der Waals surface area contributed by atoms with E-state index in [1.165, 1.54) is 25.0 Å². The van der Waals surface area contributed by atoms with Gasteiger partial charge in [0.25, 0.3) is 0 Å². The van der Waals surface area contributed by atoms with Gasteiger partial charge in [0, 0.05) is 6.04 Å². The van der Waals surface area contributed by atoms with Crippen molar-refractivity contribution in [2.75, 3.05) is 19.0 Å². The first-order valence-corrected chi connectivity index (χ1v) is 7.65. The third-order valence-corrected chi connectivity index (χ3v) is 4.65. The maximum Gasteiger partial charge on any atom is 0.104 e. The van der Waals surface area contributed by atoms with Gasteiger partial charge in [0.15, 0.2) is 0 Å². The number of unbranched alkanes of at least 4 members (excludes halogenated alkanes) is 1. The minimum atomic E-state index is -0.300. The number of hydrogen-bond donors (Lipinski definition) is 1. The Bertz CT molecular complexity index is 284. The first-order chi connectivity index (χ1) is 8.22. The molecule has 0 aromatic carbocycles. The molecule has 0 spiro atoms. The highest BCUT2D eigenvalue weighted by atomic mass is 32.2. The van der Waals surface area contributed by atoms with Crippen LogP contribution in [0.15, 0.2) is 0 Å². The van der Waals surface area contributed by atoms with Crippen molar-refractivity contribution < 1.29 is 4.74 Å². The summed E-state index contributed by atoms with van der Waals surface area (Å²) in [6.45, 7) is 3.91. The molecule has 2 fully saturated rings. The van der Waals surface area contributed by atoms with Crippen LogP contribution < -0.4 is 5.32 Å². The van der Waals surface area contributed by atoms with Crippen LogP contribution in [0.4, 0.5) is 0 Å². The Morgan fingerprint density at radius 2 is 2.18 bits per heavy atom. The van der Waals surface area contributed by atoms with E-state index in [1.807, 2.05) is 18.7 Å². The van der Waals surface area contributed by atoms with Crippen molar-refractivity contribution in [3.05, 3.63) is 0 Å². The second-order valence-corrected chi connectivity index (χ2v) is 6.76. The number of nitrogens with one attached hydrogen (secondary N) is 1. The van der Waals surface area contributed by atoms with Gasteiger partial charge >= 0.3 is 0 Å². The second kappa shape index (κ2) is 6.08. The van der Waals surface area contributed by atoms with E-state index in [-0.39, 0.29) is 5.54 Å². The molecule has 2 aliphatic rings. The van der Waals surface area contributed by atoms with Gasteiger partial charge in [-0.3, -0.25) is 5.32 Å². The molecule has 1 unspecified atom stereocenters. The third-order valence-electron chi connectivity index (χ3n) is 3.38. The standard InChI is InChI=1S/C13H22N2OS/c1-13(10-14,15-11-4-5-11)6-2-3-7-17-12-8-16-9-12/h11-12,15H,2-9H2,1H3. The van der Waals surface area contributed by atoms with E-state index < -0.39 is 0 Å². The van der Waals surface area contributed by atoms with Gasteiger partial charge in [-0.25, -0.2) is 0 Å². The van der Waals surface area contributed by atoms with Crippen LogP contribution in [0.5, 0.6) is 0 Å². The maximum atomic E-state index is 9.22. The number of nitrogens with zero attached hydrogens (tertiary/aromatic N) is 1. The molecule has 0 amide bonds. The van der Waals surface area contributed by atoms with E-state index in [0.717, 1.165) is 31.3 Å². The molecule has 96 valence electrons. The topological polar surface area (TPSA) is 45.0 Å². The minimum absolute atomic E-state index is 0.300. The molecule has 4 heteroatoms. The minimum Gasteiger partial charge on any atom is -0.379 e. The fourth-order valence-electron chi connectivity index (χ4n) is 1.98. The normalized spacial score (nSPS) is 23.8. The van der Waals surface area contributed by atoms with Crippen LogP contribution in [0.25, 0.3) is 0 Å². The molecule has 2 rings (SSSR count). The second-order valence-electron chi connectivity index (χ2n) is 5.35. The Morgan fingerprint density at radius 1 is 1.41 bits per heavy atom. The van der Waals surface area contributed by atoms with Crippen LogP contribution in [0.1, 0.15) is 39.0 Å². The van der Waals surface area contributed by atoms with Crippen molar-refractivity contribution in [2.45, 2.75) is 55.9 Å². The lowest BCUT2D eigenvalue weighted by Gasteiger charge is -2.26. The van der Waals surface area contributed by atoms with E-state index in [9.17, 15) is 5.26 Å². The lowest BCUT2D eigenvalue weighted by Crippen LogP contribution is -2.42. The zero-order valence-electron chi connectivity index (χ0n) is 10.6. The van der Waals surface area contributed by atoms with Crippen LogP contribution in [0, 0.1) is 11.3 Å². The molecule has 1 saturated carbocycles. The summed E-state index contributed by atoms with van der Waals surface area (Å²) < 4.78 is 5.14. The van der Waals surface area contributed by atoms with Crippen molar-refractivity contribution in [3.63, 3.8) is 0 Å². The molecule has 1 heterocycles. The van der Waals surface area contributed by atoms with Crippen LogP contribution in [0.2, 0.25) is 0 Å². The molecule has 0 radical (unpaired) electrons. The van der Waals surface area contributed by atoms with Crippen molar-refractivity contribution in [3.8, 4) is 6.07 Å². The summed E-state index contributed by atoms with van der Waals surface area (Å²) in [5.74, 6) is 1.21. The van der Waals surface area contributed by atoms with Gasteiger partial charge in [-0.1, -0.05) is 0 Å². The summed E-state index contributed by atoms with van der Waals surface area (Å²) in [5.41, 5.74) is -0.300. The molecule has 0 aromatic rings. The molecular formula is C13H22N2OS. The molecule has 1 saturated heterocycles. The van der Waals surface area contributed by atoms with Gasteiger partial charge in [-0.15, -0.1) is 0 Å². The van der Waals surface area contributed by atoms with Crippen LogP contribution in [0.3, 0.4) is 0 Å². The highest BCUT2D eigenvalue weighted by molar-refractivity contribution is 8.00. The Kier molecular flexibility index (Phi) is 4.72. The van der Waals surface area contributed by atoms with Gasteiger partial charge in [0.2, 0.25) is 0 Å². The molecule has 0 aromatic heterocycles. The van der Waals surface area contributed by atoms with Crippen molar-refractivity contribution in [1.29, 1.82) is 5.26 Å². The van der Waals surface area contributed by atoms with Crippen molar-refractivity contribution in [1.82, 2.24) is 5.32 Å². The molecular weight excluding hydrogens is 232 g/mol. The van der Waals surface area contributed by atoms with E-state index >= 15 is 0 Å². The molecule has 1 aliphatic carbocycles. The molecule has 1 aliphatic heterocycles. The molecule has 0 bridgehead atoms. The summed E-state index contributed by atoms with van der Waals surface area (Å²) in [6, 6.07) is 3.05. The zero-order valence-corrected chi connectivity index (χ0v) is 11.4. The van der Waals surface area contributed by atoms with E-state index in [1.54, 1.807) is 0 Å². The van der Waals surface area contributed by atoms with E-state index in [2.05, 4.69) is 11.4 Å². The molecule has 3 nitrogen and oxygen atoms in total. The maximum absolute atomic E-state index is 9.22. The molecule has 17 heavy (non-hydrogen) atoms. The molecule has 1 N–H and O–H groups in total. The van der Waals surface area contributed by atoms with Crippen LogP contribution >= 0.6 is 11.8 Å². The number of nitriles is 1. The lowest BCUT2D eigenvalue weighted by molar-refractivity contribution is 0.0455. The number of thioether (sulfide) groups is 1. The fourth-order valence-corrected chi connectivity index (χ4v) is 3.07. The Morgan fingerprint density at radius 3 is 2.71 bits per heavy atom. The predicted molar refractivity (Wildman–Crippen MR) is 71.1 cm³/mol. The summed E-state index contributed by atoms with van der Waals surface area (Å²) in [4.78, 5) is 0. The first kappa shape index (κ1) is 13.2. The summed E-state index contributed by atoms with van der Waals surface area (Å²) >= 11 is 2.02. The highest BCUT2D eigenvalue weighted by Gasteiger charge is 2.31. The van der Waals surface area contributed by atoms with E-state index in [4.69, 9.17) is 4.74 Å². The quantitative estimate of drug-likeness (QED) is 0.675.